The van der Waals surface area contributed by atoms with E-state index in [1.807, 2.05) is 6.92 Å². The summed E-state index contributed by atoms with van der Waals surface area (Å²) < 4.78 is 13.1. The molecule has 0 aliphatic heterocycles. The molecule has 0 aromatic heterocycles. The number of carbonyl (C=O) groups is 1. The number of hydrogen-bond donors (Lipinski definition) is 2. The number of likely N-dealkylation sites (N-methyl/N-ethyl adjacent to an activating group) is 1. The summed E-state index contributed by atoms with van der Waals surface area (Å²) in [4.78, 5) is 10.9. The van der Waals surface area contributed by atoms with Gasteiger partial charge in [0, 0.05) is 7.05 Å². The van der Waals surface area contributed by atoms with Crippen LogP contribution in [0, 0.1) is 12.7 Å². The molecular formula is C10H13FN2O. The largest absolute Gasteiger partial charge is 0.374 e. The lowest BCUT2D eigenvalue weighted by Gasteiger charge is -2.07. The molecule has 0 bridgehead atoms. The van der Waals surface area contributed by atoms with Crippen LogP contribution in [0.1, 0.15) is 5.56 Å². The Morgan fingerprint density at radius 3 is 2.86 bits per heavy atom. The van der Waals surface area contributed by atoms with E-state index in [0.29, 0.717) is 5.69 Å². The van der Waals surface area contributed by atoms with Crippen molar-refractivity contribution in [3.8, 4) is 0 Å². The maximum absolute atomic E-state index is 13.1. The van der Waals surface area contributed by atoms with Crippen LogP contribution in [0.4, 0.5) is 10.1 Å². The fraction of sp³-hybridized carbons (Fsp3) is 0.300. The molecule has 1 rings (SSSR count). The highest BCUT2D eigenvalue weighted by atomic mass is 19.1. The van der Waals surface area contributed by atoms with E-state index < -0.39 is 0 Å². The summed E-state index contributed by atoms with van der Waals surface area (Å²) in [5.41, 5.74) is 1.31. The molecule has 0 heterocycles. The van der Waals surface area contributed by atoms with Gasteiger partial charge in [0.2, 0.25) is 5.91 Å². The van der Waals surface area contributed by atoms with Gasteiger partial charge in [-0.05, 0) is 24.6 Å². The average molecular weight is 196 g/mol. The Balaban J connectivity index is 2.66. The lowest BCUT2D eigenvalue weighted by Crippen LogP contribution is -2.26. The van der Waals surface area contributed by atoms with Gasteiger partial charge in [0.05, 0.1) is 12.2 Å². The minimum atomic E-state index is -0.348. The second-order valence-corrected chi connectivity index (χ2v) is 3.01. The van der Waals surface area contributed by atoms with Crippen LogP contribution in [0.15, 0.2) is 18.2 Å². The van der Waals surface area contributed by atoms with E-state index in [0.717, 1.165) is 5.56 Å². The fourth-order valence-corrected chi connectivity index (χ4v) is 1.04. The monoisotopic (exact) mass is 196 g/mol. The van der Waals surface area contributed by atoms with Crippen molar-refractivity contribution in [1.29, 1.82) is 0 Å². The topological polar surface area (TPSA) is 41.1 Å². The average Bonchev–Trinajstić information content (AvgIpc) is 2.19. The number of carbonyl (C=O) groups excluding carboxylic acids is 1. The first-order chi connectivity index (χ1) is 6.63. The predicted molar refractivity (Wildman–Crippen MR) is 53.7 cm³/mol. The van der Waals surface area contributed by atoms with E-state index in [1.54, 1.807) is 12.1 Å². The van der Waals surface area contributed by atoms with Crippen molar-refractivity contribution in [1.82, 2.24) is 5.32 Å². The predicted octanol–water partition coefficient (Wildman–Crippen LogP) is 1.29. The first kappa shape index (κ1) is 10.5. The van der Waals surface area contributed by atoms with E-state index >= 15 is 0 Å². The molecule has 14 heavy (non-hydrogen) atoms. The van der Waals surface area contributed by atoms with Gasteiger partial charge in [0.25, 0.3) is 0 Å². The second-order valence-electron chi connectivity index (χ2n) is 3.01. The molecule has 1 aromatic rings. The quantitative estimate of drug-likeness (QED) is 0.764. The summed E-state index contributed by atoms with van der Waals surface area (Å²) in [6, 6.07) is 4.72. The smallest absolute Gasteiger partial charge is 0.239 e. The minimum absolute atomic E-state index is 0.0802. The number of hydrogen-bond acceptors (Lipinski definition) is 2. The zero-order valence-corrected chi connectivity index (χ0v) is 8.23. The number of amides is 1. The van der Waals surface area contributed by atoms with Crippen molar-refractivity contribution >= 4 is 11.6 Å². The van der Waals surface area contributed by atoms with Crippen molar-refractivity contribution in [2.45, 2.75) is 6.92 Å². The molecule has 0 aliphatic carbocycles. The normalized spacial score (nSPS) is 9.64. The van der Waals surface area contributed by atoms with Crippen LogP contribution < -0.4 is 10.6 Å². The van der Waals surface area contributed by atoms with Crippen molar-refractivity contribution in [3.05, 3.63) is 29.6 Å². The van der Waals surface area contributed by atoms with Gasteiger partial charge in [-0.15, -0.1) is 0 Å². The van der Waals surface area contributed by atoms with Crippen LogP contribution in [0.3, 0.4) is 0 Å². The van der Waals surface area contributed by atoms with Gasteiger partial charge < -0.3 is 10.6 Å². The molecule has 0 saturated heterocycles. The Hall–Kier alpha value is -1.58. The molecule has 1 aromatic carbocycles. The highest BCUT2D eigenvalue weighted by Crippen LogP contribution is 2.14. The van der Waals surface area contributed by atoms with Crippen LogP contribution >= 0.6 is 0 Å². The molecule has 0 fully saturated rings. The van der Waals surface area contributed by atoms with Crippen molar-refractivity contribution in [2.24, 2.45) is 0 Å². The number of rotatable bonds is 3. The third kappa shape index (κ3) is 2.73. The third-order valence-corrected chi connectivity index (χ3v) is 1.84. The Labute approximate surface area is 82.3 Å². The van der Waals surface area contributed by atoms with Gasteiger partial charge in [-0.25, -0.2) is 4.39 Å². The Bertz CT molecular complexity index is 339. The molecule has 0 spiro atoms. The second kappa shape index (κ2) is 4.60. The molecular weight excluding hydrogens is 183 g/mol. The summed E-state index contributed by atoms with van der Waals surface area (Å²) in [6.07, 6.45) is 0. The van der Waals surface area contributed by atoms with E-state index in [-0.39, 0.29) is 18.3 Å². The zero-order valence-electron chi connectivity index (χ0n) is 8.23. The van der Waals surface area contributed by atoms with Crippen LogP contribution in [0.25, 0.3) is 0 Å². The van der Waals surface area contributed by atoms with E-state index in [2.05, 4.69) is 10.6 Å². The number of anilines is 1. The number of benzene rings is 1. The molecule has 76 valence electrons. The molecule has 0 atom stereocenters. The van der Waals surface area contributed by atoms with Crippen LogP contribution in [-0.4, -0.2) is 19.5 Å². The molecule has 0 radical (unpaired) electrons. The van der Waals surface area contributed by atoms with Gasteiger partial charge in [-0.2, -0.15) is 0 Å². The van der Waals surface area contributed by atoms with Crippen molar-refractivity contribution in [2.75, 3.05) is 18.9 Å². The summed E-state index contributed by atoms with van der Waals surface area (Å²) in [5.74, 6) is -0.523. The molecule has 2 N–H and O–H groups in total. The molecule has 0 saturated carbocycles. The van der Waals surface area contributed by atoms with Gasteiger partial charge in [-0.3, -0.25) is 4.79 Å². The number of halogens is 1. The molecule has 0 unspecified atom stereocenters. The fourth-order valence-electron chi connectivity index (χ4n) is 1.04. The van der Waals surface area contributed by atoms with E-state index in [4.69, 9.17) is 0 Å². The first-order valence-corrected chi connectivity index (χ1v) is 4.34. The molecule has 0 aliphatic rings. The molecule has 3 nitrogen and oxygen atoms in total. The first-order valence-electron chi connectivity index (χ1n) is 4.34. The van der Waals surface area contributed by atoms with Crippen molar-refractivity contribution < 1.29 is 9.18 Å². The summed E-state index contributed by atoms with van der Waals surface area (Å²) >= 11 is 0. The van der Waals surface area contributed by atoms with Gasteiger partial charge in [0.15, 0.2) is 0 Å². The van der Waals surface area contributed by atoms with Crippen LogP contribution in [0.5, 0.6) is 0 Å². The molecule has 1 amide bonds. The van der Waals surface area contributed by atoms with Gasteiger partial charge >= 0.3 is 0 Å². The van der Waals surface area contributed by atoms with Crippen LogP contribution in [-0.2, 0) is 4.79 Å². The Kier molecular flexibility index (Phi) is 3.45. The van der Waals surface area contributed by atoms with Gasteiger partial charge in [-0.1, -0.05) is 6.07 Å². The van der Waals surface area contributed by atoms with Gasteiger partial charge in [0.1, 0.15) is 5.82 Å². The third-order valence-electron chi connectivity index (χ3n) is 1.84. The van der Waals surface area contributed by atoms with Crippen molar-refractivity contribution in [3.63, 3.8) is 0 Å². The SMILES string of the molecule is CNC(=O)CNc1cc(C)ccc1F. The Morgan fingerprint density at radius 2 is 2.21 bits per heavy atom. The minimum Gasteiger partial charge on any atom is -0.374 e. The zero-order chi connectivity index (χ0) is 10.6. The van der Waals surface area contributed by atoms with Crippen LogP contribution in [0.2, 0.25) is 0 Å². The maximum atomic E-state index is 13.1. The summed E-state index contributed by atoms with van der Waals surface area (Å²) in [5, 5.41) is 5.16. The number of aryl methyl sites for hydroxylation is 1. The standard InChI is InChI=1S/C10H13FN2O/c1-7-3-4-8(11)9(5-7)13-6-10(14)12-2/h3-5,13H,6H2,1-2H3,(H,12,14). The number of nitrogens with one attached hydrogen (secondary N) is 2. The lowest BCUT2D eigenvalue weighted by molar-refractivity contribution is -0.118. The van der Waals surface area contributed by atoms with E-state index in [9.17, 15) is 9.18 Å². The maximum Gasteiger partial charge on any atom is 0.239 e. The Morgan fingerprint density at radius 1 is 1.50 bits per heavy atom. The highest BCUT2D eigenvalue weighted by molar-refractivity contribution is 5.80. The lowest BCUT2D eigenvalue weighted by atomic mass is 10.2. The molecule has 4 heteroatoms. The summed E-state index contributed by atoms with van der Waals surface area (Å²) in [6.45, 7) is 1.95. The van der Waals surface area contributed by atoms with E-state index in [1.165, 1.54) is 13.1 Å². The highest BCUT2D eigenvalue weighted by Gasteiger charge is 2.03. The summed E-state index contributed by atoms with van der Waals surface area (Å²) in [7, 11) is 1.54.